The number of piperidine rings is 1. The quantitative estimate of drug-likeness (QED) is 0.792. The third-order valence-electron chi connectivity index (χ3n) is 3.92. The number of carbonyl (C=O) groups is 1. The van der Waals surface area contributed by atoms with Gasteiger partial charge in [0.2, 0.25) is 0 Å². The number of amides is 2. The van der Waals surface area contributed by atoms with Crippen molar-refractivity contribution in [2.24, 2.45) is 5.92 Å². The van der Waals surface area contributed by atoms with E-state index >= 15 is 0 Å². The number of nitrogens with one attached hydrogen (secondary N) is 1. The summed E-state index contributed by atoms with van der Waals surface area (Å²) in [6, 6.07) is 7.60. The van der Waals surface area contributed by atoms with E-state index in [1.807, 2.05) is 24.3 Å². The van der Waals surface area contributed by atoms with Gasteiger partial charge in [-0.1, -0.05) is 30.9 Å². The number of likely N-dealkylation sites (tertiary alicyclic amines) is 1. The monoisotopic (exact) mass is 304 g/mol. The molecule has 1 aliphatic heterocycles. The molecule has 1 fully saturated rings. The molecule has 0 atom stereocenters. The van der Waals surface area contributed by atoms with E-state index in [0.29, 0.717) is 32.2 Å². The van der Waals surface area contributed by atoms with Crippen LogP contribution in [0.25, 0.3) is 0 Å². The molecule has 1 aromatic rings. The van der Waals surface area contributed by atoms with Crippen LogP contribution in [0.15, 0.2) is 36.9 Å². The van der Waals surface area contributed by atoms with Gasteiger partial charge in [-0.25, -0.2) is 4.79 Å². The molecular formula is C17H24N2O3. The molecule has 2 N–H and O–H groups in total. The molecule has 1 aromatic carbocycles. The molecule has 5 heteroatoms. The molecule has 0 unspecified atom stereocenters. The Kier molecular flexibility index (Phi) is 6.27. The maximum Gasteiger partial charge on any atom is 0.317 e. The van der Waals surface area contributed by atoms with Crippen LogP contribution in [0.3, 0.4) is 0 Å². The number of urea groups is 1. The Morgan fingerprint density at radius 2 is 2.14 bits per heavy atom. The van der Waals surface area contributed by atoms with E-state index in [2.05, 4.69) is 11.9 Å². The molecule has 0 aliphatic carbocycles. The second-order valence-corrected chi connectivity index (χ2v) is 5.48. The van der Waals surface area contributed by atoms with Crippen LogP contribution in [0, 0.1) is 5.92 Å². The van der Waals surface area contributed by atoms with Crippen molar-refractivity contribution in [3.63, 3.8) is 0 Å². The fourth-order valence-electron chi connectivity index (χ4n) is 2.54. The fourth-order valence-corrected chi connectivity index (χ4v) is 2.54. The molecule has 2 amide bonds. The largest absolute Gasteiger partial charge is 0.489 e. The van der Waals surface area contributed by atoms with E-state index in [1.165, 1.54) is 0 Å². The molecular weight excluding hydrogens is 280 g/mol. The predicted molar refractivity (Wildman–Crippen MR) is 85.8 cm³/mol. The van der Waals surface area contributed by atoms with Gasteiger partial charge in [0.25, 0.3) is 0 Å². The van der Waals surface area contributed by atoms with E-state index in [0.717, 1.165) is 24.2 Å². The van der Waals surface area contributed by atoms with Gasteiger partial charge in [-0.2, -0.15) is 0 Å². The van der Waals surface area contributed by atoms with Crippen LogP contribution < -0.4 is 10.1 Å². The van der Waals surface area contributed by atoms with Crippen molar-refractivity contribution in [2.75, 3.05) is 26.3 Å². The minimum atomic E-state index is -0.0603. The van der Waals surface area contributed by atoms with Gasteiger partial charge in [-0.3, -0.25) is 0 Å². The van der Waals surface area contributed by atoms with Gasteiger partial charge in [0, 0.05) is 31.8 Å². The molecule has 0 bridgehead atoms. The normalized spacial score (nSPS) is 15.4. The average Bonchev–Trinajstić information content (AvgIpc) is 2.58. The maximum atomic E-state index is 12.2. The SMILES string of the molecule is C=CCOc1ccccc1CNC(=O)N1CCC(CO)CC1. The lowest BCUT2D eigenvalue weighted by molar-refractivity contribution is 0.137. The van der Waals surface area contributed by atoms with Crippen LogP contribution in [-0.2, 0) is 6.54 Å². The first-order chi connectivity index (χ1) is 10.7. The summed E-state index contributed by atoms with van der Waals surface area (Å²) >= 11 is 0. The highest BCUT2D eigenvalue weighted by atomic mass is 16.5. The number of carbonyl (C=O) groups excluding carboxylic acids is 1. The number of para-hydroxylation sites is 1. The zero-order valence-corrected chi connectivity index (χ0v) is 12.8. The van der Waals surface area contributed by atoms with Crippen LogP contribution in [0.1, 0.15) is 18.4 Å². The van der Waals surface area contributed by atoms with E-state index in [9.17, 15) is 4.79 Å². The van der Waals surface area contributed by atoms with Crippen LogP contribution in [0.5, 0.6) is 5.75 Å². The van der Waals surface area contributed by atoms with Crippen molar-refractivity contribution in [2.45, 2.75) is 19.4 Å². The molecule has 22 heavy (non-hydrogen) atoms. The molecule has 0 aromatic heterocycles. The third-order valence-corrected chi connectivity index (χ3v) is 3.92. The molecule has 0 saturated carbocycles. The first kappa shape index (κ1) is 16.4. The van der Waals surface area contributed by atoms with Crippen LogP contribution >= 0.6 is 0 Å². The highest BCUT2D eigenvalue weighted by Crippen LogP contribution is 2.19. The molecule has 120 valence electrons. The van der Waals surface area contributed by atoms with Gasteiger partial charge in [-0.05, 0) is 24.8 Å². The Morgan fingerprint density at radius 3 is 2.82 bits per heavy atom. The predicted octanol–water partition coefficient (Wildman–Crippen LogP) is 2.17. The first-order valence-electron chi connectivity index (χ1n) is 7.69. The fraction of sp³-hybridized carbons (Fsp3) is 0.471. The van der Waals surface area contributed by atoms with Gasteiger partial charge < -0.3 is 20.1 Å². The summed E-state index contributed by atoms with van der Waals surface area (Å²) in [7, 11) is 0. The summed E-state index contributed by atoms with van der Waals surface area (Å²) in [5.74, 6) is 1.10. The number of aliphatic hydroxyl groups is 1. The highest BCUT2D eigenvalue weighted by molar-refractivity contribution is 5.74. The lowest BCUT2D eigenvalue weighted by Gasteiger charge is -2.31. The second-order valence-electron chi connectivity index (χ2n) is 5.48. The van der Waals surface area contributed by atoms with Gasteiger partial charge in [-0.15, -0.1) is 0 Å². The Morgan fingerprint density at radius 1 is 1.41 bits per heavy atom. The number of nitrogens with zero attached hydrogens (tertiary/aromatic N) is 1. The summed E-state index contributed by atoms with van der Waals surface area (Å²) in [5, 5.41) is 12.1. The Bertz CT molecular complexity index is 496. The molecule has 2 rings (SSSR count). The maximum absolute atomic E-state index is 12.2. The van der Waals surface area contributed by atoms with Crippen molar-refractivity contribution in [1.82, 2.24) is 10.2 Å². The molecule has 0 spiro atoms. The average molecular weight is 304 g/mol. The molecule has 1 saturated heterocycles. The molecule has 5 nitrogen and oxygen atoms in total. The lowest BCUT2D eigenvalue weighted by Crippen LogP contribution is -2.44. The van der Waals surface area contributed by atoms with Crippen LogP contribution in [0.4, 0.5) is 4.79 Å². The van der Waals surface area contributed by atoms with Gasteiger partial charge in [0.1, 0.15) is 12.4 Å². The van der Waals surface area contributed by atoms with E-state index in [1.54, 1.807) is 11.0 Å². The van der Waals surface area contributed by atoms with Gasteiger partial charge in [0.15, 0.2) is 0 Å². The Labute approximate surface area is 131 Å². The van der Waals surface area contributed by atoms with Crippen LogP contribution in [0.2, 0.25) is 0 Å². The Balaban J connectivity index is 1.85. The summed E-state index contributed by atoms with van der Waals surface area (Å²) < 4.78 is 5.58. The van der Waals surface area contributed by atoms with Crippen molar-refractivity contribution < 1.29 is 14.6 Å². The van der Waals surface area contributed by atoms with Crippen molar-refractivity contribution >= 4 is 6.03 Å². The first-order valence-corrected chi connectivity index (χ1v) is 7.69. The third kappa shape index (κ3) is 4.49. The van der Waals surface area contributed by atoms with E-state index in [4.69, 9.17) is 9.84 Å². The zero-order valence-electron chi connectivity index (χ0n) is 12.8. The second kappa shape index (κ2) is 8.44. The molecule has 1 heterocycles. The highest BCUT2D eigenvalue weighted by Gasteiger charge is 2.22. The van der Waals surface area contributed by atoms with Gasteiger partial charge >= 0.3 is 6.03 Å². The van der Waals surface area contributed by atoms with Crippen molar-refractivity contribution in [3.8, 4) is 5.75 Å². The van der Waals surface area contributed by atoms with Crippen molar-refractivity contribution in [3.05, 3.63) is 42.5 Å². The zero-order chi connectivity index (χ0) is 15.8. The summed E-state index contributed by atoms with van der Waals surface area (Å²) in [5.41, 5.74) is 0.947. The lowest BCUT2D eigenvalue weighted by atomic mass is 9.98. The minimum Gasteiger partial charge on any atom is -0.489 e. The summed E-state index contributed by atoms with van der Waals surface area (Å²) in [6.45, 7) is 6.13. The number of aliphatic hydroxyl groups excluding tert-OH is 1. The standard InChI is InChI=1S/C17H24N2O3/c1-2-11-22-16-6-4-3-5-15(16)12-18-17(21)19-9-7-14(13-20)8-10-19/h2-6,14,20H,1,7-13H2,(H,18,21). The molecule has 1 aliphatic rings. The minimum absolute atomic E-state index is 0.0603. The number of rotatable bonds is 6. The smallest absolute Gasteiger partial charge is 0.317 e. The number of hydrogen-bond donors (Lipinski definition) is 2. The van der Waals surface area contributed by atoms with E-state index < -0.39 is 0 Å². The summed E-state index contributed by atoms with van der Waals surface area (Å²) in [4.78, 5) is 14.0. The number of hydrogen-bond acceptors (Lipinski definition) is 3. The van der Waals surface area contributed by atoms with Gasteiger partial charge in [0.05, 0.1) is 0 Å². The molecule has 0 radical (unpaired) electrons. The topological polar surface area (TPSA) is 61.8 Å². The van der Waals surface area contributed by atoms with E-state index in [-0.39, 0.29) is 12.6 Å². The summed E-state index contributed by atoms with van der Waals surface area (Å²) in [6.07, 6.45) is 3.42. The van der Waals surface area contributed by atoms with Crippen molar-refractivity contribution in [1.29, 1.82) is 0 Å². The number of ether oxygens (including phenoxy) is 1. The Hall–Kier alpha value is -2.01. The van der Waals surface area contributed by atoms with Crippen LogP contribution in [-0.4, -0.2) is 42.3 Å². The number of benzene rings is 1.